The highest BCUT2D eigenvalue weighted by Gasteiger charge is 2.07. The van der Waals surface area contributed by atoms with Crippen molar-refractivity contribution in [3.8, 4) is 0 Å². The molecular weight excluding hydrogens is 188 g/mol. The van der Waals surface area contributed by atoms with Gasteiger partial charge in [0.1, 0.15) is 0 Å². The molecule has 0 bridgehead atoms. The van der Waals surface area contributed by atoms with Crippen LogP contribution >= 0.6 is 11.3 Å². The van der Waals surface area contributed by atoms with Gasteiger partial charge in [-0.3, -0.25) is 0 Å². The Morgan fingerprint density at radius 1 is 1.14 bits per heavy atom. The van der Waals surface area contributed by atoms with Crippen molar-refractivity contribution in [3.05, 3.63) is 21.9 Å². The molecule has 0 aliphatic carbocycles. The largest absolute Gasteiger partial charge is 0.145 e. The zero-order valence-corrected chi connectivity index (χ0v) is 10.7. The van der Waals surface area contributed by atoms with Crippen LogP contribution in [0.4, 0.5) is 0 Å². The smallest absolute Gasteiger partial charge is 0.00762 e. The maximum atomic E-state index is 2.35. The Morgan fingerprint density at radius 2 is 1.86 bits per heavy atom. The van der Waals surface area contributed by atoms with E-state index in [1.54, 1.807) is 4.88 Å². The first-order valence-corrected chi connectivity index (χ1v) is 6.47. The van der Waals surface area contributed by atoms with Gasteiger partial charge < -0.3 is 0 Å². The molecule has 0 aliphatic rings. The van der Waals surface area contributed by atoms with Crippen LogP contribution < -0.4 is 0 Å². The van der Waals surface area contributed by atoms with Crippen molar-refractivity contribution in [1.29, 1.82) is 0 Å². The van der Waals surface area contributed by atoms with E-state index in [-0.39, 0.29) is 0 Å². The van der Waals surface area contributed by atoms with Crippen LogP contribution in [-0.2, 0) is 0 Å². The molecule has 1 heteroatoms. The van der Waals surface area contributed by atoms with Gasteiger partial charge in [0.05, 0.1) is 0 Å². The Hall–Kier alpha value is -0.300. The first-order valence-electron chi connectivity index (χ1n) is 5.66. The number of hydrogen-bond acceptors (Lipinski definition) is 1. The Kier molecular flexibility index (Phi) is 4.67. The van der Waals surface area contributed by atoms with E-state index in [4.69, 9.17) is 0 Å². The summed E-state index contributed by atoms with van der Waals surface area (Å²) in [7, 11) is 0. The van der Waals surface area contributed by atoms with Crippen LogP contribution in [0.2, 0.25) is 0 Å². The van der Waals surface area contributed by atoms with E-state index in [1.165, 1.54) is 24.1 Å². The average molecular weight is 210 g/mol. The molecule has 1 unspecified atom stereocenters. The molecule has 0 fully saturated rings. The number of thiophene rings is 1. The Labute approximate surface area is 92.4 Å². The molecule has 14 heavy (non-hydrogen) atoms. The zero-order chi connectivity index (χ0) is 10.6. The van der Waals surface area contributed by atoms with E-state index in [0.717, 1.165) is 11.8 Å². The lowest BCUT2D eigenvalue weighted by Gasteiger charge is -2.10. The van der Waals surface area contributed by atoms with E-state index >= 15 is 0 Å². The predicted molar refractivity (Wildman–Crippen MR) is 66.2 cm³/mol. The van der Waals surface area contributed by atoms with Crippen LogP contribution in [-0.4, -0.2) is 0 Å². The van der Waals surface area contributed by atoms with Crippen LogP contribution in [0.25, 0.3) is 0 Å². The van der Waals surface area contributed by atoms with E-state index in [2.05, 4.69) is 39.8 Å². The fourth-order valence-corrected chi connectivity index (χ4v) is 2.66. The third-order valence-electron chi connectivity index (χ3n) is 2.67. The van der Waals surface area contributed by atoms with Gasteiger partial charge in [-0.1, -0.05) is 33.6 Å². The lowest BCUT2D eigenvalue weighted by atomic mass is 9.99. The molecular formula is C13H22S. The van der Waals surface area contributed by atoms with Gasteiger partial charge >= 0.3 is 0 Å². The van der Waals surface area contributed by atoms with Crippen molar-refractivity contribution >= 4 is 11.3 Å². The molecule has 1 aromatic heterocycles. The van der Waals surface area contributed by atoms with Crippen molar-refractivity contribution in [2.24, 2.45) is 5.92 Å². The van der Waals surface area contributed by atoms with Crippen LogP contribution in [0, 0.1) is 12.8 Å². The van der Waals surface area contributed by atoms with Crippen molar-refractivity contribution in [2.75, 3.05) is 0 Å². The fraction of sp³-hybridized carbons (Fsp3) is 0.692. The second kappa shape index (κ2) is 5.55. The summed E-state index contributed by atoms with van der Waals surface area (Å²) in [5.41, 5.74) is 0. The highest BCUT2D eigenvalue weighted by molar-refractivity contribution is 7.12. The topological polar surface area (TPSA) is 0 Å². The minimum absolute atomic E-state index is 0.757. The molecule has 0 nitrogen and oxygen atoms in total. The van der Waals surface area contributed by atoms with Gasteiger partial charge in [0, 0.05) is 9.75 Å². The van der Waals surface area contributed by atoms with Crippen molar-refractivity contribution in [3.63, 3.8) is 0 Å². The lowest BCUT2D eigenvalue weighted by molar-refractivity contribution is 0.515. The summed E-state index contributed by atoms with van der Waals surface area (Å²) in [6, 6.07) is 4.53. The van der Waals surface area contributed by atoms with Gasteiger partial charge in [-0.25, -0.2) is 0 Å². The summed E-state index contributed by atoms with van der Waals surface area (Å²) in [6.45, 7) is 9.15. The third-order valence-corrected chi connectivity index (χ3v) is 3.90. The molecule has 0 radical (unpaired) electrons. The molecule has 1 aromatic rings. The predicted octanol–water partition coefficient (Wildman–Crippen LogP) is 4.99. The highest BCUT2D eigenvalue weighted by atomic mass is 32.1. The third kappa shape index (κ3) is 3.83. The summed E-state index contributed by atoms with van der Waals surface area (Å²) in [4.78, 5) is 3.00. The SMILES string of the molecule is Cc1ccc(C(C)CCCC(C)C)s1. The molecule has 0 saturated carbocycles. The molecule has 1 atom stereocenters. The van der Waals surface area contributed by atoms with Crippen molar-refractivity contribution < 1.29 is 0 Å². The number of aryl methyl sites for hydroxylation is 1. The van der Waals surface area contributed by atoms with Crippen LogP contribution in [0.3, 0.4) is 0 Å². The Bertz CT molecular complexity index is 260. The van der Waals surface area contributed by atoms with E-state index in [0.29, 0.717) is 0 Å². The second-order valence-electron chi connectivity index (χ2n) is 4.67. The highest BCUT2D eigenvalue weighted by Crippen LogP contribution is 2.28. The number of rotatable bonds is 5. The molecule has 0 aliphatic heterocycles. The first-order chi connectivity index (χ1) is 6.59. The van der Waals surface area contributed by atoms with Crippen LogP contribution in [0.1, 0.15) is 55.7 Å². The summed E-state index contributed by atoms with van der Waals surface area (Å²) in [5, 5.41) is 0. The molecule has 0 spiro atoms. The summed E-state index contributed by atoms with van der Waals surface area (Å²) >= 11 is 1.95. The second-order valence-corrected chi connectivity index (χ2v) is 5.99. The molecule has 0 amide bonds. The maximum absolute atomic E-state index is 2.35. The summed E-state index contributed by atoms with van der Waals surface area (Å²) in [5.74, 6) is 1.61. The summed E-state index contributed by atoms with van der Waals surface area (Å²) in [6.07, 6.45) is 4.09. The van der Waals surface area contributed by atoms with Crippen LogP contribution in [0.5, 0.6) is 0 Å². The standard InChI is InChI=1S/C13H22S/c1-10(2)6-5-7-11(3)13-9-8-12(4)14-13/h8-11H,5-7H2,1-4H3. The van der Waals surface area contributed by atoms with Gasteiger partial charge in [-0.15, -0.1) is 11.3 Å². The fourth-order valence-electron chi connectivity index (χ4n) is 1.69. The minimum Gasteiger partial charge on any atom is -0.145 e. The van der Waals surface area contributed by atoms with Gasteiger partial charge in [-0.05, 0) is 37.3 Å². The number of hydrogen-bond donors (Lipinski definition) is 0. The van der Waals surface area contributed by atoms with Gasteiger partial charge in [0.2, 0.25) is 0 Å². The Balaban J connectivity index is 2.32. The Morgan fingerprint density at radius 3 is 2.36 bits per heavy atom. The van der Waals surface area contributed by atoms with E-state index in [1.807, 2.05) is 11.3 Å². The van der Waals surface area contributed by atoms with Gasteiger partial charge in [-0.2, -0.15) is 0 Å². The first kappa shape index (κ1) is 11.8. The monoisotopic (exact) mass is 210 g/mol. The molecule has 1 rings (SSSR count). The van der Waals surface area contributed by atoms with E-state index in [9.17, 15) is 0 Å². The molecule has 80 valence electrons. The van der Waals surface area contributed by atoms with Crippen molar-refractivity contribution in [1.82, 2.24) is 0 Å². The van der Waals surface area contributed by atoms with Gasteiger partial charge in [0.25, 0.3) is 0 Å². The molecule has 0 saturated heterocycles. The normalized spacial score (nSPS) is 13.5. The quantitative estimate of drug-likeness (QED) is 0.642. The van der Waals surface area contributed by atoms with Gasteiger partial charge in [0.15, 0.2) is 0 Å². The molecule has 0 N–H and O–H groups in total. The minimum atomic E-state index is 0.757. The molecule has 0 aromatic carbocycles. The van der Waals surface area contributed by atoms with Crippen molar-refractivity contribution in [2.45, 2.75) is 52.9 Å². The zero-order valence-electron chi connectivity index (χ0n) is 9.84. The maximum Gasteiger partial charge on any atom is 0.00762 e. The van der Waals surface area contributed by atoms with Crippen LogP contribution in [0.15, 0.2) is 12.1 Å². The average Bonchev–Trinajstić information content (AvgIpc) is 2.51. The lowest BCUT2D eigenvalue weighted by Crippen LogP contribution is -1.93. The summed E-state index contributed by atoms with van der Waals surface area (Å²) < 4.78 is 0. The van der Waals surface area contributed by atoms with E-state index < -0.39 is 0 Å². The molecule has 1 heterocycles.